The van der Waals surface area contributed by atoms with Crippen LogP contribution in [0.1, 0.15) is 26.7 Å². The van der Waals surface area contributed by atoms with Crippen molar-refractivity contribution in [3.05, 3.63) is 12.2 Å². The zero-order valence-corrected chi connectivity index (χ0v) is 10.4. The molecule has 18 heavy (non-hydrogen) atoms. The summed E-state index contributed by atoms with van der Waals surface area (Å²) >= 11 is 0. The Morgan fingerprint density at radius 3 is 2.83 bits per heavy atom. The van der Waals surface area contributed by atoms with Crippen LogP contribution >= 0.6 is 0 Å². The van der Waals surface area contributed by atoms with Gasteiger partial charge in [-0.3, -0.25) is 4.79 Å². The number of aliphatic hydroxyl groups is 1. The highest BCUT2D eigenvalue weighted by Gasteiger charge is 2.47. The Balaban J connectivity index is 2.49. The van der Waals surface area contributed by atoms with Gasteiger partial charge in [-0.15, -0.1) is 11.8 Å². The molecule has 0 spiro atoms. The van der Waals surface area contributed by atoms with Gasteiger partial charge in [-0.05, 0) is 12.8 Å². The topological polar surface area (TPSA) is 49.3 Å². The van der Waals surface area contributed by atoms with E-state index in [9.17, 15) is 18.7 Å². The van der Waals surface area contributed by atoms with Crippen LogP contribution in [0.5, 0.6) is 0 Å². The lowest BCUT2D eigenvalue weighted by Crippen LogP contribution is -2.30. The average Bonchev–Trinajstić information content (AvgIpc) is 2.57. The summed E-state index contributed by atoms with van der Waals surface area (Å²) in [6, 6.07) is -0.716. The number of hydrogen-bond donors (Lipinski definition) is 2. The van der Waals surface area contributed by atoms with Crippen molar-refractivity contribution in [1.82, 2.24) is 5.32 Å². The van der Waals surface area contributed by atoms with E-state index in [-0.39, 0.29) is 5.92 Å². The highest BCUT2D eigenvalue weighted by atomic mass is 19.3. The Kier molecular flexibility index (Phi) is 4.85. The van der Waals surface area contributed by atoms with Crippen LogP contribution in [0.2, 0.25) is 0 Å². The number of carbonyl (C=O) groups is 1. The van der Waals surface area contributed by atoms with Gasteiger partial charge < -0.3 is 10.4 Å². The first-order chi connectivity index (χ1) is 8.36. The molecule has 3 nitrogen and oxygen atoms in total. The third kappa shape index (κ3) is 3.81. The molecule has 0 radical (unpaired) electrons. The molecule has 1 aliphatic rings. The average molecular weight is 257 g/mol. The fraction of sp³-hybridized carbons (Fsp3) is 0.615. The SMILES string of the molecule is CC#CC[C@H](C)[C@@H](O)/C=C/[C@H]1CC(F)(F)C(=O)N1. The maximum atomic E-state index is 12.9. The molecule has 1 aliphatic heterocycles. The molecule has 0 bridgehead atoms. The summed E-state index contributed by atoms with van der Waals surface area (Å²) in [5.41, 5.74) is 0. The van der Waals surface area contributed by atoms with E-state index in [1.807, 2.05) is 6.92 Å². The summed E-state index contributed by atoms with van der Waals surface area (Å²) < 4.78 is 25.8. The highest BCUT2D eigenvalue weighted by Crippen LogP contribution is 2.27. The smallest absolute Gasteiger partial charge is 0.326 e. The van der Waals surface area contributed by atoms with E-state index in [2.05, 4.69) is 17.2 Å². The molecule has 1 heterocycles. The van der Waals surface area contributed by atoms with Crippen molar-refractivity contribution in [2.75, 3.05) is 0 Å². The lowest BCUT2D eigenvalue weighted by molar-refractivity contribution is -0.139. The Labute approximate surface area is 105 Å². The predicted molar refractivity (Wildman–Crippen MR) is 63.9 cm³/mol. The number of hydrogen-bond acceptors (Lipinski definition) is 2. The van der Waals surface area contributed by atoms with E-state index < -0.39 is 30.4 Å². The predicted octanol–water partition coefficient (Wildman–Crippen LogP) is 1.48. The van der Waals surface area contributed by atoms with Gasteiger partial charge >= 0.3 is 5.92 Å². The number of rotatable bonds is 4. The van der Waals surface area contributed by atoms with Crippen molar-refractivity contribution < 1.29 is 18.7 Å². The number of alkyl halides is 2. The minimum atomic E-state index is -3.31. The third-order valence-corrected chi connectivity index (χ3v) is 2.85. The lowest BCUT2D eigenvalue weighted by atomic mass is 10.00. The zero-order chi connectivity index (χ0) is 13.8. The molecule has 3 atom stereocenters. The minimum Gasteiger partial charge on any atom is -0.389 e. The normalized spacial score (nSPS) is 25.4. The van der Waals surface area contributed by atoms with Crippen LogP contribution in [-0.4, -0.2) is 29.1 Å². The first-order valence-corrected chi connectivity index (χ1v) is 5.81. The second-order valence-corrected chi connectivity index (χ2v) is 4.47. The number of carbonyl (C=O) groups excluding carboxylic acids is 1. The number of halogens is 2. The maximum absolute atomic E-state index is 12.9. The molecule has 0 aromatic carbocycles. The number of nitrogens with one attached hydrogen (secondary N) is 1. The Morgan fingerprint density at radius 2 is 2.33 bits per heavy atom. The molecule has 100 valence electrons. The number of aliphatic hydroxyl groups excluding tert-OH is 1. The summed E-state index contributed by atoms with van der Waals surface area (Å²) in [6.07, 6.45) is 2.08. The molecular formula is C13H17F2NO2. The quantitative estimate of drug-likeness (QED) is 0.592. The highest BCUT2D eigenvalue weighted by molar-refractivity contribution is 5.86. The van der Waals surface area contributed by atoms with Crippen LogP contribution in [0.15, 0.2) is 12.2 Å². The van der Waals surface area contributed by atoms with E-state index in [1.165, 1.54) is 12.2 Å². The van der Waals surface area contributed by atoms with E-state index in [0.29, 0.717) is 6.42 Å². The van der Waals surface area contributed by atoms with Gasteiger partial charge in [-0.2, -0.15) is 8.78 Å². The van der Waals surface area contributed by atoms with Crippen LogP contribution in [0.25, 0.3) is 0 Å². The van der Waals surface area contributed by atoms with Crippen LogP contribution < -0.4 is 5.32 Å². The number of amides is 1. The molecule has 0 aromatic heterocycles. The molecule has 0 aliphatic carbocycles. The van der Waals surface area contributed by atoms with Crippen molar-refractivity contribution in [3.63, 3.8) is 0 Å². The van der Waals surface area contributed by atoms with Crippen molar-refractivity contribution in [1.29, 1.82) is 0 Å². The second-order valence-electron chi connectivity index (χ2n) is 4.47. The van der Waals surface area contributed by atoms with Gasteiger partial charge in [0.1, 0.15) is 0 Å². The van der Waals surface area contributed by atoms with Crippen LogP contribution in [-0.2, 0) is 4.79 Å². The molecule has 1 rings (SSSR count). The third-order valence-electron chi connectivity index (χ3n) is 2.85. The molecule has 0 aromatic rings. The Morgan fingerprint density at radius 1 is 1.67 bits per heavy atom. The van der Waals surface area contributed by atoms with Gasteiger partial charge in [-0.25, -0.2) is 0 Å². The zero-order valence-electron chi connectivity index (χ0n) is 10.4. The van der Waals surface area contributed by atoms with Gasteiger partial charge in [-0.1, -0.05) is 19.1 Å². The van der Waals surface area contributed by atoms with E-state index in [0.717, 1.165) is 0 Å². The van der Waals surface area contributed by atoms with E-state index in [4.69, 9.17) is 0 Å². The monoisotopic (exact) mass is 257 g/mol. The molecule has 0 unspecified atom stereocenters. The summed E-state index contributed by atoms with van der Waals surface area (Å²) in [5, 5.41) is 11.9. The van der Waals surface area contributed by atoms with E-state index in [1.54, 1.807) is 6.92 Å². The van der Waals surface area contributed by atoms with Crippen molar-refractivity contribution in [2.24, 2.45) is 5.92 Å². The molecule has 0 saturated carbocycles. The van der Waals surface area contributed by atoms with Crippen LogP contribution in [0, 0.1) is 17.8 Å². The minimum absolute atomic E-state index is 0.0775. The Hall–Kier alpha value is -1.41. The summed E-state index contributed by atoms with van der Waals surface area (Å²) in [6.45, 7) is 3.53. The van der Waals surface area contributed by atoms with Crippen molar-refractivity contribution >= 4 is 5.91 Å². The van der Waals surface area contributed by atoms with Crippen molar-refractivity contribution in [3.8, 4) is 11.8 Å². The molecule has 1 amide bonds. The van der Waals surface area contributed by atoms with Crippen molar-refractivity contribution in [2.45, 2.75) is 44.8 Å². The standard InChI is InChI=1S/C13H17F2NO2/c1-3-4-5-9(2)11(17)7-6-10-8-13(14,15)12(18)16-10/h6-7,9-11,17H,5,8H2,1-2H3,(H,16,18)/b7-6+/t9-,10-,11-/m0/s1. The first kappa shape index (κ1) is 14.7. The summed E-state index contributed by atoms with van der Waals surface area (Å²) in [7, 11) is 0. The molecule has 2 N–H and O–H groups in total. The Bertz CT molecular complexity index is 396. The fourth-order valence-electron chi connectivity index (χ4n) is 1.63. The van der Waals surface area contributed by atoms with E-state index >= 15 is 0 Å². The van der Waals surface area contributed by atoms with Crippen LogP contribution in [0.3, 0.4) is 0 Å². The second kappa shape index (κ2) is 5.96. The van der Waals surface area contributed by atoms with Crippen LogP contribution in [0.4, 0.5) is 8.78 Å². The first-order valence-electron chi connectivity index (χ1n) is 5.81. The van der Waals surface area contributed by atoms with Gasteiger partial charge in [0, 0.05) is 12.8 Å². The largest absolute Gasteiger partial charge is 0.389 e. The fourth-order valence-corrected chi connectivity index (χ4v) is 1.63. The summed E-state index contributed by atoms with van der Waals surface area (Å²) in [4.78, 5) is 10.9. The summed E-state index contributed by atoms with van der Waals surface area (Å²) in [5.74, 6) is 0.932. The van der Waals surface area contributed by atoms with Gasteiger partial charge in [0.2, 0.25) is 0 Å². The van der Waals surface area contributed by atoms with Gasteiger partial charge in [0.15, 0.2) is 0 Å². The molecular weight excluding hydrogens is 240 g/mol. The van der Waals surface area contributed by atoms with Gasteiger partial charge in [0.25, 0.3) is 5.91 Å². The van der Waals surface area contributed by atoms with Gasteiger partial charge in [0.05, 0.1) is 12.1 Å². The molecule has 1 fully saturated rings. The molecule has 1 saturated heterocycles. The molecule has 5 heteroatoms. The maximum Gasteiger partial charge on any atom is 0.326 e. The lowest BCUT2D eigenvalue weighted by Gasteiger charge is -2.13.